The molecule has 2 aliphatic heterocycles. The number of hydrogen-bond donors (Lipinski definition) is 2. The summed E-state index contributed by atoms with van der Waals surface area (Å²) < 4.78 is 10.5. The quantitative estimate of drug-likeness (QED) is 0.236. The Balaban J connectivity index is 1.71. The lowest BCUT2D eigenvalue weighted by Crippen LogP contribution is -3.14. The molecule has 2 N–H and O–H groups in total. The Labute approximate surface area is 210 Å². The van der Waals surface area contributed by atoms with E-state index in [2.05, 4.69) is 4.98 Å². The molecule has 9 heteroatoms. The Morgan fingerprint density at radius 1 is 1.19 bits per heavy atom. The van der Waals surface area contributed by atoms with Gasteiger partial charge in [0.1, 0.15) is 18.8 Å². The van der Waals surface area contributed by atoms with Gasteiger partial charge in [0.05, 0.1) is 32.4 Å². The number of quaternary nitrogens is 1. The summed E-state index contributed by atoms with van der Waals surface area (Å²) in [6, 6.07) is 8.37. The minimum atomic E-state index is -0.787. The third-order valence-corrected chi connectivity index (χ3v) is 6.92. The van der Waals surface area contributed by atoms with Gasteiger partial charge in [-0.05, 0) is 37.5 Å². The third-order valence-electron chi connectivity index (χ3n) is 6.92. The van der Waals surface area contributed by atoms with E-state index in [4.69, 9.17) is 9.47 Å². The summed E-state index contributed by atoms with van der Waals surface area (Å²) in [7, 11) is 0. The predicted octanol–water partition coefficient (Wildman–Crippen LogP) is 0.337. The van der Waals surface area contributed by atoms with Crippen molar-refractivity contribution in [3.63, 3.8) is 0 Å². The van der Waals surface area contributed by atoms with Crippen LogP contribution >= 0.6 is 0 Å². The number of nitrogens with zero attached hydrogens (tertiary/aromatic N) is 1. The summed E-state index contributed by atoms with van der Waals surface area (Å²) >= 11 is 0. The Bertz CT molecular complexity index is 1160. The van der Waals surface area contributed by atoms with Gasteiger partial charge in [0.2, 0.25) is 5.78 Å². The zero-order valence-electron chi connectivity index (χ0n) is 21.0. The van der Waals surface area contributed by atoms with Crippen molar-refractivity contribution in [3.05, 3.63) is 64.0 Å². The van der Waals surface area contributed by atoms with Crippen LogP contribution in [0.4, 0.5) is 0 Å². The molecule has 0 radical (unpaired) electrons. The lowest BCUT2D eigenvalue weighted by molar-refractivity contribution is -0.908. The van der Waals surface area contributed by atoms with Gasteiger partial charge < -0.3 is 29.4 Å². The molecule has 1 amide bonds. The van der Waals surface area contributed by atoms with Crippen molar-refractivity contribution in [1.29, 1.82) is 0 Å². The molecule has 0 spiro atoms. The first-order chi connectivity index (χ1) is 17.3. The van der Waals surface area contributed by atoms with Crippen molar-refractivity contribution in [3.8, 4) is 0 Å². The number of morpholine rings is 1. The fourth-order valence-corrected chi connectivity index (χ4v) is 5.12. The van der Waals surface area contributed by atoms with Crippen LogP contribution in [0.3, 0.4) is 0 Å². The van der Waals surface area contributed by atoms with E-state index in [0.717, 1.165) is 32.8 Å². The van der Waals surface area contributed by atoms with Gasteiger partial charge in [0.15, 0.2) is 0 Å². The normalized spacial score (nSPS) is 20.2. The lowest BCUT2D eigenvalue weighted by atomic mass is 9.94. The van der Waals surface area contributed by atoms with Crippen LogP contribution in [0.1, 0.15) is 52.3 Å². The molecular weight excluding hydrogens is 462 g/mol. The predicted molar refractivity (Wildman–Crippen MR) is 130 cm³/mol. The average molecular weight is 496 g/mol. The topological polar surface area (TPSA) is 116 Å². The molecule has 2 aromatic rings. The van der Waals surface area contributed by atoms with E-state index in [9.17, 15) is 19.5 Å². The fraction of sp³-hybridized carbons (Fsp3) is 0.444. The molecule has 1 atom stereocenters. The van der Waals surface area contributed by atoms with Gasteiger partial charge >= 0.3 is 5.97 Å². The molecule has 0 bridgehead atoms. The zero-order chi connectivity index (χ0) is 25.8. The molecule has 2 aliphatic rings. The molecule has 0 aliphatic carbocycles. The number of amides is 1. The van der Waals surface area contributed by atoms with E-state index in [-0.39, 0.29) is 23.4 Å². The maximum atomic E-state index is 13.9. The number of aryl methyl sites for hydroxylation is 1. The number of rotatable bonds is 8. The van der Waals surface area contributed by atoms with E-state index < -0.39 is 29.5 Å². The van der Waals surface area contributed by atoms with E-state index in [1.54, 1.807) is 20.8 Å². The number of hydrogen-bond acceptors (Lipinski definition) is 6. The van der Waals surface area contributed by atoms with E-state index in [1.807, 2.05) is 30.3 Å². The molecule has 2 fully saturated rings. The van der Waals surface area contributed by atoms with E-state index >= 15 is 0 Å². The highest BCUT2D eigenvalue weighted by Gasteiger charge is 2.44. The van der Waals surface area contributed by atoms with Crippen LogP contribution < -0.4 is 10.0 Å². The molecule has 36 heavy (non-hydrogen) atoms. The van der Waals surface area contributed by atoms with Gasteiger partial charge in [-0.3, -0.25) is 9.59 Å². The van der Waals surface area contributed by atoms with Gasteiger partial charge in [0, 0.05) is 24.2 Å². The molecule has 4 rings (SSSR count). The summed E-state index contributed by atoms with van der Waals surface area (Å²) in [4.78, 5) is 44.7. The maximum absolute atomic E-state index is 13.9. The van der Waals surface area contributed by atoms with Crippen LogP contribution in [0.25, 0.3) is 5.76 Å². The van der Waals surface area contributed by atoms with E-state index in [1.165, 1.54) is 9.80 Å². The third kappa shape index (κ3) is 4.94. The highest BCUT2D eigenvalue weighted by Crippen LogP contribution is 2.40. The summed E-state index contributed by atoms with van der Waals surface area (Å²) in [5, 5.41) is 13.9. The molecule has 2 saturated heterocycles. The van der Waals surface area contributed by atoms with Crippen molar-refractivity contribution in [2.75, 3.05) is 46.0 Å². The number of carbonyl (C=O) groups is 3. The Kier molecular flexibility index (Phi) is 7.91. The van der Waals surface area contributed by atoms with Crippen molar-refractivity contribution in [2.45, 2.75) is 33.2 Å². The number of nitrogens with one attached hydrogen (secondary N) is 2. The number of H-pyrrole nitrogens is 1. The maximum Gasteiger partial charge on any atom is 0.355 e. The fourth-order valence-electron chi connectivity index (χ4n) is 5.12. The second kappa shape index (κ2) is 11.1. The number of aromatic amines is 1. The zero-order valence-corrected chi connectivity index (χ0v) is 21.0. The number of likely N-dealkylation sites (tertiary alicyclic amines) is 1. The Hall–Kier alpha value is -3.43. The molecule has 1 aromatic heterocycles. The minimum absolute atomic E-state index is 0.0782. The first kappa shape index (κ1) is 25.7. The summed E-state index contributed by atoms with van der Waals surface area (Å²) in [5.74, 6) is -2.56. The summed E-state index contributed by atoms with van der Waals surface area (Å²) in [6.07, 6.45) is 0.703. The Morgan fingerprint density at radius 3 is 2.56 bits per heavy atom. The molecule has 9 nitrogen and oxygen atoms in total. The monoisotopic (exact) mass is 495 g/mol. The first-order valence-corrected chi connectivity index (χ1v) is 12.4. The lowest BCUT2D eigenvalue weighted by Gasteiger charge is -2.29. The van der Waals surface area contributed by atoms with Crippen molar-refractivity contribution < 1.29 is 33.9 Å². The van der Waals surface area contributed by atoms with Gasteiger partial charge in [-0.25, -0.2) is 4.79 Å². The first-order valence-electron chi connectivity index (χ1n) is 12.4. The number of ketones is 1. The number of aromatic nitrogens is 1. The molecule has 0 saturated carbocycles. The van der Waals surface area contributed by atoms with Crippen LogP contribution in [0.15, 0.2) is 35.9 Å². The number of benzene rings is 1. The van der Waals surface area contributed by atoms with Crippen LogP contribution in [0, 0.1) is 13.8 Å². The number of esters is 1. The minimum Gasteiger partial charge on any atom is -0.872 e. The second-order valence-corrected chi connectivity index (χ2v) is 9.20. The van der Waals surface area contributed by atoms with E-state index in [0.29, 0.717) is 29.8 Å². The van der Waals surface area contributed by atoms with Crippen LogP contribution in [-0.2, 0) is 19.1 Å². The smallest absolute Gasteiger partial charge is 0.355 e. The second-order valence-electron chi connectivity index (χ2n) is 9.20. The SMILES string of the molecule is CCOC(=O)c1[nH]c(C)c(/C([O-])=C2\C(=O)C(=O)N(CCC[NH+]3CCOCC3)C2c2ccccc2)c1C. The van der Waals surface area contributed by atoms with Crippen LogP contribution in [-0.4, -0.2) is 73.5 Å². The van der Waals surface area contributed by atoms with Crippen molar-refractivity contribution in [2.24, 2.45) is 0 Å². The van der Waals surface area contributed by atoms with Crippen LogP contribution in [0.5, 0.6) is 0 Å². The van der Waals surface area contributed by atoms with Crippen molar-refractivity contribution >= 4 is 23.4 Å². The number of Topliss-reactive ketones (excluding diaryl/α,β-unsaturated/α-hetero) is 1. The van der Waals surface area contributed by atoms with Crippen LogP contribution in [0.2, 0.25) is 0 Å². The highest BCUT2D eigenvalue weighted by molar-refractivity contribution is 6.46. The highest BCUT2D eigenvalue weighted by atomic mass is 16.5. The number of ether oxygens (including phenoxy) is 2. The van der Waals surface area contributed by atoms with Crippen molar-refractivity contribution in [1.82, 2.24) is 9.88 Å². The molecule has 1 unspecified atom stereocenters. The van der Waals surface area contributed by atoms with Gasteiger partial charge in [-0.15, -0.1) is 0 Å². The summed E-state index contributed by atoms with van der Waals surface area (Å²) in [5.41, 5.74) is 1.89. The van der Waals surface area contributed by atoms with Gasteiger partial charge in [0.25, 0.3) is 5.91 Å². The molecule has 192 valence electrons. The molecule has 3 heterocycles. The molecular formula is C27H33N3O6. The van der Waals surface area contributed by atoms with Gasteiger partial charge in [-0.2, -0.15) is 0 Å². The molecule has 1 aromatic carbocycles. The van der Waals surface area contributed by atoms with Gasteiger partial charge in [-0.1, -0.05) is 36.1 Å². The average Bonchev–Trinajstić information content (AvgIpc) is 3.32. The number of carbonyl (C=O) groups excluding carboxylic acids is 3. The Morgan fingerprint density at radius 2 is 1.89 bits per heavy atom. The summed E-state index contributed by atoms with van der Waals surface area (Å²) in [6.45, 7) is 9.71. The standard InChI is InChI=1S/C27H33N3O6/c1-4-36-27(34)22-17(2)20(18(3)28-22)24(31)21-23(19-9-6-5-7-10-19)30(26(33)25(21)32)12-8-11-29-13-15-35-16-14-29/h5-7,9-10,23,28,31H,4,8,11-16H2,1-3H3/b24-21+. The largest absolute Gasteiger partial charge is 0.872 e.